The van der Waals surface area contributed by atoms with Crippen LogP contribution in [0.2, 0.25) is 0 Å². The first kappa shape index (κ1) is 12.7. The minimum absolute atomic E-state index is 0.00729. The van der Waals surface area contributed by atoms with Crippen molar-refractivity contribution < 1.29 is 19.4 Å². The Kier molecular flexibility index (Phi) is 2.30. The Morgan fingerprint density at radius 1 is 1.42 bits per heavy atom. The van der Waals surface area contributed by atoms with Gasteiger partial charge in [0.05, 0.1) is 12.7 Å². The van der Waals surface area contributed by atoms with Crippen LogP contribution in [0.5, 0.6) is 0 Å². The van der Waals surface area contributed by atoms with Gasteiger partial charge in [-0.05, 0) is 11.8 Å². The van der Waals surface area contributed by atoms with Gasteiger partial charge in [-0.1, -0.05) is 29.8 Å². The largest absolute Gasteiger partial charge is 0.392 e. The van der Waals surface area contributed by atoms with E-state index in [1.165, 1.54) is 0 Å². The molecule has 4 aliphatic rings. The molecule has 2 spiro atoms. The number of ether oxygens (including phenoxy) is 2. The maximum atomic E-state index is 11.8. The minimum Gasteiger partial charge on any atom is -0.392 e. The summed E-state index contributed by atoms with van der Waals surface area (Å²) in [5.74, 6) is 0.236. The second-order valence-electron chi connectivity index (χ2n) is 7.09. The predicted molar refractivity (Wildman–Crippen MR) is 71.1 cm³/mol. The van der Waals surface area contributed by atoms with Crippen LogP contribution in [0.1, 0.15) is 33.1 Å². The molecule has 4 nitrogen and oxygen atoms in total. The van der Waals surface area contributed by atoms with E-state index >= 15 is 0 Å². The van der Waals surface area contributed by atoms with Crippen LogP contribution in [-0.4, -0.2) is 46.2 Å². The summed E-state index contributed by atoms with van der Waals surface area (Å²) in [5, 5.41) is 10.3. The standard InChI is InChI=1S/C14H19BrO4/c1-12(2)10(15)8(17)5-13(6-18-13)14(12)4-3-7(16)9-11(14)19-9/h8-11,17H,3-6H2,1-2H3/t8-,9+,10-,11+,13-,14-/m1/s1. The topological polar surface area (TPSA) is 62.4 Å². The zero-order valence-corrected chi connectivity index (χ0v) is 12.8. The summed E-state index contributed by atoms with van der Waals surface area (Å²) in [6, 6.07) is 0. The van der Waals surface area contributed by atoms with E-state index in [9.17, 15) is 9.90 Å². The highest BCUT2D eigenvalue weighted by atomic mass is 79.9. The Morgan fingerprint density at radius 2 is 2.11 bits per heavy atom. The first-order valence-electron chi connectivity index (χ1n) is 7.00. The molecule has 2 heterocycles. The average molecular weight is 331 g/mol. The SMILES string of the molecule is CC1(C)[C@H](Br)[C@H](O)C[C@@]2(CO2)[C@@]12CCC(=O)[C@@H]1O[C@@H]12. The summed E-state index contributed by atoms with van der Waals surface area (Å²) in [7, 11) is 0. The van der Waals surface area contributed by atoms with Gasteiger partial charge in [0.2, 0.25) is 0 Å². The average Bonchev–Trinajstić information content (AvgIpc) is 3.20. The monoisotopic (exact) mass is 330 g/mol. The normalized spacial score (nSPS) is 58.2. The molecule has 106 valence electrons. The minimum atomic E-state index is -0.405. The van der Waals surface area contributed by atoms with Crippen molar-refractivity contribution in [3.05, 3.63) is 0 Å². The number of hydrogen-bond donors (Lipinski definition) is 1. The van der Waals surface area contributed by atoms with Gasteiger partial charge in [0, 0.05) is 23.1 Å². The summed E-state index contributed by atoms with van der Waals surface area (Å²) in [6.45, 7) is 5.04. The van der Waals surface area contributed by atoms with E-state index in [1.54, 1.807) is 0 Å². The third-order valence-corrected chi connectivity index (χ3v) is 7.84. The van der Waals surface area contributed by atoms with Crippen LogP contribution < -0.4 is 0 Å². The lowest BCUT2D eigenvalue weighted by Crippen LogP contribution is -2.65. The van der Waals surface area contributed by atoms with Crippen LogP contribution in [0, 0.1) is 10.8 Å². The van der Waals surface area contributed by atoms with Gasteiger partial charge in [-0.3, -0.25) is 4.79 Å². The highest BCUT2D eigenvalue weighted by Crippen LogP contribution is 2.71. The van der Waals surface area contributed by atoms with E-state index in [4.69, 9.17) is 9.47 Å². The predicted octanol–water partition coefficient (Wildman–Crippen LogP) is 1.43. The first-order valence-corrected chi connectivity index (χ1v) is 7.92. The third kappa shape index (κ3) is 1.29. The molecular weight excluding hydrogens is 312 g/mol. The van der Waals surface area contributed by atoms with Crippen molar-refractivity contribution in [2.45, 2.75) is 61.9 Å². The Balaban J connectivity index is 1.82. The molecular formula is C14H19BrO4. The van der Waals surface area contributed by atoms with E-state index in [-0.39, 0.29) is 39.2 Å². The van der Waals surface area contributed by atoms with Gasteiger partial charge >= 0.3 is 0 Å². The molecule has 0 bridgehead atoms. The van der Waals surface area contributed by atoms with Crippen LogP contribution in [0.3, 0.4) is 0 Å². The summed E-state index contributed by atoms with van der Waals surface area (Å²) < 4.78 is 11.6. The number of aliphatic hydroxyl groups is 1. The summed E-state index contributed by atoms with van der Waals surface area (Å²) >= 11 is 3.68. The van der Waals surface area contributed by atoms with E-state index in [2.05, 4.69) is 29.8 Å². The number of carbonyl (C=O) groups is 1. The van der Waals surface area contributed by atoms with Gasteiger partial charge in [-0.25, -0.2) is 0 Å². The molecule has 4 fully saturated rings. The van der Waals surface area contributed by atoms with Crippen LogP contribution in [-0.2, 0) is 14.3 Å². The number of aliphatic hydroxyl groups excluding tert-OH is 1. The number of hydrogen-bond acceptors (Lipinski definition) is 4. The van der Waals surface area contributed by atoms with Crippen molar-refractivity contribution in [1.82, 2.24) is 0 Å². The molecule has 0 aromatic carbocycles. The number of carbonyl (C=O) groups excluding carboxylic acids is 1. The molecule has 0 radical (unpaired) electrons. The van der Waals surface area contributed by atoms with Crippen LogP contribution in [0.15, 0.2) is 0 Å². The zero-order chi connectivity index (χ0) is 13.6. The Labute approximate surface area is 121 Å². The van der Waals surface area contributed by atoms with Gasteiger partial charge in [0.25, 0.3) is 0 Å². The number of alkyl halides is 1. The molecule has 2 aliphatic carbocycles. The highest BCUT2D eigenvalue weighted by Gasteiger charge is 2.80. The van der Waals surface area contributed by atoms with Gasteiger partial charge in [-0.2, -0.15) is 0 Å². The first-order chi connectivity index (χ1) is 8.86. The van der Waals surface area contributed by atoms with E-state index < -0.39 is 6.10 Å². The molecule has 6 atom stereocenters. The van der Waals surface area contributed by atoms with Crippen molar-refractivity contribution in [2.24, 2.45) is 10.8 Å². The lowest BCUT2D eigenvalue weighted by atomic mass is 9.47. The number of rotatable bonds is 0. The number of ketones is 1. The molecule has 5 heteroatoms. The number of Topliss-reactive ketones (excluding diaryl/α,β-unsaturated/α-hetero) is 1. The summed E-state index contributed by atoms with van der Waals surface area (Å²) in [5.41, 5.74) is -0.590. The van der Waals surface area contributed by atoms with E-state index in [0.29, 0.717) is 19.4 Å². The number of fused-ring (bicyclic) bond motifs is 3. The van der Waals surface area contributed by atoms with Crippen molar-refractivity contribution >= 4 is 21.7 Å². The Bertz CT molecular complexity index is 458. The van der Waals surface area contributed by atoms with Crippen LogP contribution in [0.4, 0.5) is 0 Å². The van der Waals surface area contributed by atoms with Crippen molar-refractivity contribution in [3.63, 3.8) is 0 Å². The zero-order valence-electron chi connectivity index (χ0n) is 11.2. The summed E-state index contributed by atoms with van der Waals surface area (Å²) in [6.07, 6.45) is 1.40. The number of epoxide rings is 2. The molecule has 0 aromatic heterocycles. The van der Waals surface area contributed by atoms with Gasteiger partial charge in [0.1, 0.15) is 17.8 Å². The van der Waals surface area contributed by atoms with Gasteiger partial charge in [0.15, 0.2) is 5.78 Å². The highest BCUT2D eigenvalue weighted by molar-refractivity contribution is 9.09. The van der Waals surface area contributed by atoms with Crippen molar-refractivity contribution in [2.75, 3.05) is 6.61 Å². The molecule has 2 aliphatic heterocycles. The molecule has 0 aromatic rings. The number of halogens is 1. The molecule has 1 N–H and O–H groups in total. The fourth-order valence-electron chi connectivity index (χ4n) is 4.91. The Hall–Kier alpha value is 0.0300. The quantitative estimate of drug-likeness (QED) is 0.539. The lowest BCUT2D eigenvalue weighted by molar-refractivity contribution is -0.134. The van der Waals surface area contributed by atoms with E-state index in [1.807, 2.05) is 0 Å². The second-order valence-corrected chi connectivity index (χ2v) is 8.08. The molecule has 0 amide bonds. The van der Waals surface area contributed by atoms with E-state index in [0.717, 1.165) is 6.42 Å². The smallest absolute Gasteiger partial charge is 0.164 e. The van der Waals surface area contributed by atoms with Crippen molar-refractivity contribution in [3.8, 4) is 0 Å². The molecule has 2 saturated heterocycles. The fraction of sp³-hybridized carbons (Fsp3) is 0.929. The maximum absolute atomic E-state index is 11.8. The maximum Gasteiger partial charge on any atom is 0.164 e. The summed E-state index contributed by atoms with van der Waals surface area (Å²) in [4.78, 5) is 11.8. The van der Waals surface area contributed by atoms with Crippen LogP contribution >= 0.6 is 15.9 Å². The molecule has 0 unspecified atom stereocenters. The van der Waals surface area contributed by atoms with Gasteiger partial charge < -0.3 is 14.6 Å². The molecule has 2 saturated carbocycles. The fourth-order valence-corrected chi connectivity index (χ4v) is 5.51. The molecule has 4 rings (SSSR count). The second kappa shape index (κ2) is 3.43. The van der Waals surface area contributed by atoms with Crippen LogP contribution in [0.25, 0.3) is 0 Å². The lowest BCUT2D eigenvalue weighted by Gasteiger charge is -2.58. The molecule has 19 heavy (non-hydrogen) atoms. The van der Waals surface area contributed by atoms with Gasteiger partial charge in [-0.15, -0.1) is 0 Å². The Morgan fingerprint density at radius 3 is 2.74 bits per heavy atom. The van der Waals surface area contributed by atoms with Crippen molar-refractivity contribution in [1.29, 1.82) is 0 Å². The third-order valence-electron chi connectivity index (χ3n) is 6.08.